The van der Waals surface area contributed by atoms with Gasteiger partial charge in [0, 0.05) is 24.4 Å². The maximum absolute atomic E-state index is 5.44. The van der Waals surface area contributed by atoms with Gasteiger partial charge in [-0.05, 0) is 6.92 Å². The smallest absolute Gasteiger partial charge is 0.145 e. The molecule has 2 rings (SSSR count). The number of hydrogen-bond donors (Lipinski definition) is 2. The molecule has 7 heteroatoms. The molecule has 0 fully saturated rings. The van der Waals surface area contributed by atoms with Crippen LogP contribution in [0.3, 0.4) is 0 Å². The lowest BCUT2D eigenvalue weighted by atomic mass is 10.3. The Kier molecular flexibility index (Phi) is 4.28. The van der Waals surface area contributed by atoms with Crippen molar-refractivity contribution in [3.8, 4) is 0 Å². The molecule has 0 unspecified atom stereocenters. The summed E-state index contributed by atoms with van der Waals surface area (Å²) in [5.74, 6) is 7.70. The van der Waals surface area contributed by atoms with Gasteiger partial charge in [-0.2, -0.15) is 0 Å². The second kappa shape index (κ2) is 5.94. The first kappa shape index (κ1) is 13.7. The first-order valence-electron chi connectivity index (χ1n) is 6.08. The highest BCUT2D eigenvalue weighted by Crippen LogP contribution is 2.20. The molecule has 6 nitrogen and oxygen atoms in total. The number of hydrazine groups is 1. The molecule has 0 bridgehead atoms. The number of anilines is 2. The molecule has 0 aliphatic rings. The number of rotatable bonds is 5. The van der Waals surface area contributed by atoms with Crippen LogP contribution < -0.4 is 16.2 Å². The third-order valence-corrected chi connectivity index (χ3v) is 3.76. The molecule has 3 N–H and O–H groups in total. The Morgan fingerprint density at radius 1 is 1.42 bits per heavy atom. The highest BCUT2D eigenvalue weighted by Gasteiger charge is 2.10. The molecule has 0 atom stereocenters. The zero-order valence-electron chi connectivity index (χ0n) is 11.3. The summed E-state index contributed by atoms with van der Waals surface area (Å²) in [6.07, 6.45) is 0.774. The van der Waals surface area contributed by atoms with Crippen LogP contribution in [0.2, 0.25) is 0 Å². The van der Waals surface area contributed by atoms with Crippen molar-refractivity contribution in [3.63, 3.8) is 0 Å². The number of nitrogens with two attached hydrogens (primary N) is 1. The van der Waals surface area contributed by atoms with Crippen LogP contribution in [0.4, 0.5) is 11.6 Å². The highest BCUT2D eigenvalue weighted by molar-refractivity contribution is 7.09. The summed E-state index contributed by atoms with van der Waals surface area (Å²) >= 11 is 1.66. The summed E-state index contributed by atoms with van der Waals surface area (Å²) in [6, 6.07) is 1.84. The monoisotopic (exact) mass is 278 g/mol. The molecular weight excluding hydrogens is 260 g/mol. The molecule has 2 aromatic rings. The Morgan fingerprint density at radius 3 is 2.79 bits per heavy atom. The fourth-order valence-electron chi connectivity index (χ4n) is 1.69. The lowest BCUT2D eigenvalue weighted by Crippen LogP contribution is -2.20. The van der Waals surface area contributed by atoms with Gasteiger partial charge in [0.05, 0.1) is 17.7 Å². The summed E-state index contributed by atoms with van der Waals surface area (Å²) in [7, 11) is 2.00. The van der Waals surface area contributed by atoms with Crippen molar-refractivity contribution >= 4 is 23.0 Å². The zero-order chi connectivity index (χ0) is 13.8. The predicted octanol–water partition coefficient (Wildman–Crippen LogP) is 1.73. The summed E-state index contributed by atoms with van der Waals surface area (Å²) in [5, 5.41) is 0. The van der Waals surface area contributed by atoms with Crippen LogP contribution in [0.25, 0.3) is 0 Å². The van der Waals surface area contributed by atoms with Crippen LogP contribution in [0, 0.1) is 6.92 Å². The van der Waals surface area contributed by atoms with E-state index in [4.69, 9.17) is 5.84 Å². The van der Waals surface area contributed by atoms with Crippen molar-refractivity contribution in [1.29, 1.82) is 0 Å². The van der Waals surface area contributed by atoms with Gasteiger partial charge in [-0.25, -0.2) is 20.8 Å². The highest BCUT2D eigenvalue weighted by atomic mass is 32.1. The molecule has 19 heavy (non-hydrogen) atoms. The molecule has 0 aliphatic heterocycles. The fraction of sp³-hybridized carbons (Fsp3) is 0.417. The van der Waals surface area contributed by atoms with Crippen molar-refractivity contribution < 1.29 is 0 Å². The third kappa shape index (κ3) is 3.18. The number of thiazole rings is 1. The summed E-state index contributed by atoms with van der Waals surface area (Å²) < 4.78 is 0. The molecule has 2 heterocycles. The van der Waals surface area contributed by atoms with Crippen LogP contribution in [0.5, 0.6) is 0 Å². The first-order valence-corrected chi connectivity index (χ1v) is 6.96. The van der Waals surface area contributed by atoms with Crippen molar-refractivity contribution in [2.24, 2.45) is 5.84 Å². The molecular formula is C12H18N6S. The minimum absolute atomic E-state index is 0.634. The van der Waals surface area contributed by atoms with E-state index in [1.807, 2.05) is 32.5 Å². The summed E-state index contributed by atoms with van der Waals surface area (Å²) in [5.41, 5.74) is 5.51. The van der Waals surface area contributed by atoms with Crippen molar-refractivity contribution in [3.05, 3.63) is 28.0 Å². The lowest BCUT2D eigenvalue weighted by molar-refractivity contribution is 0.861. The summed E-state index contributed by atoms with van der Waals surface area (Å²) in [4.78, 5) is 16.4. The Morgan fingerprint density at radius 2 is 2.21 bits per heavy atom. The topological polar surface area (TPSA) is 80.0 Å². The average Bonchev–Trinajstić information content (AvgIpc) is 2.83. The minimum atomic E-state index is 0.634. The number of aryl methyl sites for hydroxylation is 2. The van der Waals surface area contributed by atoms with Gasteiger partial charge in [0.1, 0.15) is 17.5 Å². The molecule has 2 aromatic heterocycles. The van der Waals surface area contributed by atoms with Gasteiger partial charge in [-0.15, -0.1) is 11.3 Å². The molecule has 0 aliphatic carbocycles. The van der Waals surface area contributed by atoms with E-state index in [9.17, 15) is 0 Å². The average molecular weight is 278 g/mol. The van der Waals surface area contributed by atoms with Gasteiger partial charge in [-0.1, -0.05) is 6.92 Å². The van der Waals surface area contributed by atoms with E-state index < -0.39 is 0 Å². The van der Waals surface area contributed by atoms with Crippen LogP contribution in [0.1, 0.15) is 23.3 Å². The Bertz CT molecular complexity index is 531. The van der Waals surface area contributed by atoms with E-state index in [1.54, 1.807) is 11.3 Å². The standard InChI is InChI=1S/C12H18N6S/c1-4-10-15-11(17-13)5-12(16-10)18(3)6-9-8(2)14-7-19-9/h5,7H,4,6,13H2,1-3H3,(H,15,16,17). The Balaban J connectivity index is 2.23. The van der Waals surface area contributed by atoms with E-state index >= 15 is 0 Å². The molecule has 0 saturated heterocycles. The summed E-state index contributed by atoms with van der Waals surface area (Å²) in [6.45, 7) is 4.82. The van der Waals surface area contributed by atoms with Gasteiger partial charge < -0.3 is 10.3 Å². The van der Waals surface area contributed by atoms with Crippen LogP contribution in [-0.2, 0) is 13.0 Å². The number of aromatic nitrogens is 3. The normalized spacial score (nSPS) is 10.5. The van der Waals surface area contributed by atoms with Gasteiger partial charge in [-0.3, -0.25) is 0 Å². The van der Waals surface area contributed by atoms with E-state index in [1.165, 1.54) is 4.88 Å². The molecule has 0 aromatic carbocycles. The predicted molar refractivity (Wildman–Crippen MR) is 78.2 cm³/mol. The number of nitrogens with one attached hydrogen (secondary N) is 1. The van der Waals surface area contributed by atoms with E-state index in [-0.39, 0.29) is 0 Å². The third-order valence-electron chi connectivity index (χ3n) is 2.84. The van der Waals surface area contributed by atoms with Crippen LogP contribution >= 0.6 is 11.3 Å². The molecule has 0 radical (unpaired) electrons. The van der Waals surface area contributed by atoms with Crippen molar-refractivity contribution in [2.45, 2.75) is 26.8 Å². The van der Waals surface area contributed by atoms with Gasteiger partial charge in [0.2, 0.25) is 0 Å². The number of nitrogen functional groups attached to an aromatic ring is 1. The quantitative estimate of drug-likeness (QED) is 0.640. The van der Waals surface area contributed by atoms with Crippen LogP contribution in [-0.4, -0.2) is 22.0 Å². The largest absolute Gasteiger partial charge is 0.354 e. The minimum Gasteiger partial charge on any atom is -0.354 e. The second-order valence-corrected chi connectivity index (χ2v) is 5.18. The van der Waals surface area contributed by atoms with Gasteiger partial charge in [0.25, 0.3) is 0 Å². The maximum Gasteiger partial charge on any atom is 0.145 e. The lowest BCUT2D eigenvalue weighted by Gasteiger charge is -2.18. The number of hydrogen-bond acceptors (Lipinski definition) is 7. The second-order valence-electron chi connectivity index (χ2n) is 4.24. The van der Waals surface area contributed by atoms with Crippen molar-refractivity contribution in [2.75, 3.05) is 17.4 Å². The van der Waals surface area contributed by atoms with E-state index in [2.05, 4.69) is 25.3 Å². The van der Waals surface area contributed by atoms with E-state index in [0.717, 1.165) is 30.3 Å². The molecule has 0 amide bonds. The fourth-order valence-corrected chi connectivity index (χ4v) is 2.51. The van der Waals surface area contributed by atoms with Gasteiger partial charge in [0.15, 0.2) is 0 Å². The maximum atomic E-state index is 5.44. The zero-order valence-corrected chi connectivity index (χ0v) is 12.2. The Labute approximate surface area is 116 Å². The number of nitrogens with zero attached hydrogens (tertiary/aromatic N) is 4. The Hall–Kier alpha value is -1.73. The van der Waals surface area contributed by atoms with E-state index in [0.29, 0.717) is 5.82 Å². The molecule has 102 valence electrons. The SMILES string of the molecule is CCc1nc(NN)cc(N(C)Cc2scnc2C)n1. The molecule has 0 saturated carbocycles. The van der Waals surface area contributed by atoms with Crippen LogP contribution in [0.15, 0.2) is 11.6 Å². The van der Waals surface area contributed by atoms with Gasteiger partial charge >= 0.3 is 0 Å². The first-order chi connectivity index (χ1) is 9.13. The molecule has 0 spiro atoms. The van der Waals surface area contributed by atoms with Crippen molar-refractivity contribution in [1.82, 2.24) is 15.0 Å².